The molecule has 0 saturated carbocycles. The Morgan fingerprint density at radius 3 is 2.59 bits per heavy atom. The van der Waals surface area contributed by atoms with Crippen LogP contribution < -0.4 is 4.74 Å². The van der Waals surface area contributed by atoms with Crippen molar-refractivity contribution in [1.82, 2.24) is 4.90 Å². The largest absolute Gasteiger partial charge is 0.491 e. The number of hydrogen-bond acceptors (Lipinski definition) is 3. The van der Waals surface area contributed by atoms with Crippen molar-refractivity contribution in [3.8, 4) is 5.75 Å². The first kappa shape index (κ1) is 16.5. The van der Waals surface area contributed by atoms with Crippen LogP contribution in [0.3, 0.4) is 0 Å². The number of nitrogens with zero attached hydrogens (tertiary/aromatic N) is 1. The lowest BCUT2D eigenvalue weighted by Crippen LogP contribution is -2.35. The molecule has 0 aliphatic heterocycles. The molecule has 0 bridgehead atoms. The van der Waals surface area contributed by atoms with E-state index in [9.17, 15) is 9.50 Å². The zero-order valence-corrected chi connectivity index (χ0v) is 12.8. The number of para-hydroxylation sites is 1. The number of aliphatic hydroxyl groups is 1. The molecule has 118 valence electrons. The maximum Gasteiger partial charge on any atom is 0.123 e. The summed E-state index contributed by atoms with van der Waals surface area (Å²) in [7, 11) is 0. The third-order valence-corrected chi connectivity index (χ3v) is 3.40. The SMILES string of the molecule is CCN(Cc1cccc(F)c1)CC(O)COc1ccccc1. The zero-order chi connectivity index (χ0) is 15.8. The van der Waals surface area contributed by atoms with E-state index >= 15 is 0 Å². The van der Waals surface area contributed by atoms with Gasteiger partial charge in [-0.2, -0.15) is 0 Å². The number of hydrogen-bond donors (Lipinski definition) is 1. The van der Waals surface area contributed by atoms with E-state index < -0.39 is 6.10 Å². The van der Waals surface area contributed by atoms with Gasteiger partial charge in [0.15, 0.2) is 0 Å². The van der Waals surface area contributed by atoms with Crippen molar-refractivity contribution in [1.29, 1.82) is 0 Å². The number of likely N-dealkylation sites (N-methyl/N-ethyl adjacent to an activating group) is 1. The lowest BCUT2D eigenvalue weighted by molar-refractivity contribution is 0.0674. The Bertz CT molecular complexity index is 562. The van der Waals surface area contributed by atoms with E-state index in [1.165, 1.54) is 12.1 Å². The average Bonchev–Trinajstić information content (AvgIpc) is 2.53. The summed E-state index contributed by atoms with van der Waals surface area (Å²) in [6.07, 6.45) is -0.589. The van der Waals surface area contributed by atoms with Gasteiger partial charge in [-0.3, -0.25) is 4.90 Å². The molecule has 1 unspecified atom stereocenters. The minimum absolute atomic E-state index is 0.235. The lowest BCUT2D eigenvalue weighted by atomic mass is 10.2. The van der Waals surface area contributed by atoms with Crippen molar-refractivity contribution in [3.05, 3.63) is 66.0 Å². The molecule has 2 aromatic rings. The molecule has 3 nitrogen and oxygen atoms in total. The van der Waals surface area contributed by atoms with Crippen LogP contribution in [0.5, 0.6) is 5.75 Å². The monoisotopic (exact) mass is 303 g/mol. The Morgan fingerprint density at radius 2 is 1.91 bits per heavy atom. The van der Waals surface area contributed by atoms with E-state index in [1.807, 2.05) is 43.3 Å². The Hall–Kier alpha value is -1.91. The molecule has 0 aliphatic carbocycles. The van der Waals surface area contributed by atoms with Crippen LogP contribution in [0.25, 0.3) is 0 Å². The van der Waals surface area contributed by atoms with Gasteiger partial charge in [-0.1, -0.05) is 37.3 Å². The summed E-state index contributed by atoms with van der Waals surface area (Å²) in [6.45, 7) is 4.13. The highest BCUT2D eigenvalue weighted by molar-refractivity contribution is 5.21. The highest BCUT2D eigenvalue weighted by Crippen LogP contribution is 2.10. The predicted molar refractivity (Wildman–Crippen MR) is 85.3 cm³/mol. The second kappa shape index (κ2) is 8.51. The van der Waals surface area contributed by atoms with Crippen LogP contribution in [-0.2, 0) is 6.54 Å². The van der Waals surface area contributed by atoms with Gasteiger partial charge in [-0.25, -0.2) is 4.39 Å². The van der Waals surface area contributed by atoms with Gasteiger partial charge in [-0.15, -0.1) is 0 Å². The fourth-order valence-corrected chi connectivity index (χ4v) is 2.26. The molecule has 0 spiro atoms. The molecule has 1 N–H and O–H groups in total. The molecule has 2 rings (SSSR count). The van der Waals surface area contributed by atoms with E-state index in [1.54, 1.807) is 6.07 Å². The van der Waals surface area contributed by atoms with Gasteiger partial charge in [0, 0.05) is 13.1 Å². The van der Waals surface area contributed by atoms with E-state index in [0.717, 1.165) is 17.9 Å². The van der Waals surface area contributed by atoms with Crippen LogP contribution in [0, 0.1) is 5.82 Å². The van der Waals surface area contributed by atoms with Gasteiger partial charge >= 0.3 is 0 Å². The van der Waals surface area contributed by atoms with Crippen LogP contribution in [0.4, 0.5) is 4.39 Å². The molecule has 0 radical (unpaired) electrons. The van der Waals surface area contributed by atoms with E-state index in [-0.39, 0.29) is 12.4 Å². The van der Waals surface area contributed by atoms with Gasteiger partial charge in [0.05, 0.1) is 0 Å². The summed E-state index contributed by atoms with van der Waals surface area (Å²) >= 11 is 0. The maximum atomic E-state index is 13.2. The lowest BCUT2D eigenvalue weighted by Gasteiger charge is -2.23. The first-order valence-corrected chi connectivity index (χ1v) is 7.50. The zero-order valence-electron chi connectivity index (χ0n) is 12.8. The number of aliphatic hydroxyl groups excluding tert-OH is 1. The van der Waals surface area contributed by atoms with Crippen LogP contribution in [0.15, 0.2) is 54.6 Å². The van der Waals surface area contributed by atoms with Gasteiger partial charge in [0.2, 0.25) is 0 Å². The van der Waals surface area contributed by atoms with Crippen molar-refractivity contribution in [2.75, 3.05) is 19.7 Å². The molecule has 0 heterocycles. The standard InChI is InChI=1S/C18H22FNO2/c1-2-20(12-15-7-6-8-16(19)11-15)13-17(21)14-22-18-9-4-3-5-10-18/h3-11,17,21H,2,12-14H2,1H3. The summed E-state index contributed by atoms with van der Waals surface area (Å²) in [5, 5.41) is 10.1. The van der Waals surface area contributed by atoms with Crippen molar-refractivity contribution >= 4 is 0 Å². The molecule has 1 atom stereocenters. The summed E-state index contributed by atoms with van der Waals surface area (Å²) in [6, 6.07) is 16.0. The molecule has 0 aromatic heterocycles. The van der Waals surface area contributed by atoms with Gasteiger partial charge in [0.25, 0.3) is 0 Å². The van der Waals surface area contributed by atoms with Crippen molar-refractivity contribution in [2.45, 2.75) is 19.6 Å². The molecule has 0 saturated heterocycles. The fourth-order valence-electron chi connectivity index (χ4n) is 2.26. The topological polar surface area (TPSA) is 32.7 Å². The second-order valence-electron chi connectivity index (χ2n) is 5.24. The smallest absolute Gasteiger partial charge is 0.123 e. The summed E-state index contributed by atoms with van der Waals surface area (Å²) in [5.74, 6) is 0.510. The van der Waals surface area contributed by atoms with Crippen molar-refractivity contribution in [3.63, 3.8) is 0 Å². The first-order valence-electron chi connectivity index (χ1n) is 7.50. The molecular weight excluding hydrogens is 281 g/mol. The Kier molecular flexibility index (Phi) is 6.37. The van der Waals surface area contributed by atoms with Gasteiger partial charge < -0.3 is 9.84 Å². The molecule has 4 heteroatoms. The van der Waals surface area contributed by atoms with E-state index in [2.05, 4.69) is 4.90 Å². The third kappa shape index (κ3) is 5.47. The van der Waals surface area contributed by atoms with Gasteiger partial charge in [-0.05, 0) is 36.4 Å². The average molecular weight is 303 g/mol. The quantitative estimate of drug-likeness (QED) is 0.813. The highest BCUT2D eigenvalue weighted by Gasteiger charge is 2.12. The first-order chi connectivity index (χ1) is 10.7. The van der Waals surface area contributed by atoms with Crippen LogP contribution >= 0.6 is 0 Å². The fraction of sp³-hybridized carbons (Fsp3) is 0.333. The van der Waals surface area contributed by atoms with Crippen molar-refractivity contribution in [2.24, 2.45) is 0 Å². The summed E-state index contributed by atoms with van der Waals surface area (Å²) in [5.41, 5.74) is 0.901. The predicted octanol–water partition coefficient (Wildman–Crippen LogP) is 3.09. The molecule has 2 aromatic carbocycles. The number of rotatable bonds is 8. The van der Waals surface area contributed by atoms with Gasteiger partial charge in [0.1, 0.15) is 24.3 Å². The number of benzene rings is 2. The Labute approximate surface area is 131 Å². The maximum absolute atomic E-state index is 13.2. The molecule has 0 amide bonds. The molecule has 0 fully saturated rings. The normalized spacial score (nSPS) is 12.4. The van der Waals surface area contributed by atoms with Crippen molar-refractivity contribution < 1.29 is 14.2 Å². The van der Waals surface area contributed by atoms with E-state index in [0.29, 0.717) is 13.1 Å². The molecule has 22 heavy (non-hydrogen) atoms. The minimum Gasteiger partial charge on any atom is -0.491 e. The summed E-state index contributed by atoms with van der Waals surface area (Å²) < 4.78 is 18.8. The van der Waals surface area contributed by atoms with Crippen LogP contribution in [0.1, 0.15) is 12.5 Å². The van der Waals surface area contributed by atoms with Crippen LogP contribution in [-0.4, -0.2) is 35.8 Å². The highest BCUT2D eigenvalue weighted by atomic mass is 19.1. The Morgan fingerprint density at radius 1 is 1.14 bits per heavy atom. The van der Waals surface area contributed by atoms with E-state index in [4.69, 9.17) is 4.74 Å². The number of ether oxygens (including phenoxy) is 1. The summed E-state index contributed by atoms with van der Waals surface area (Å²) in [4.78, 5) is 2.06. The van der Waals surface area contributed by atoms with Crippen LogP contribution in [0.2, 0.25) is 0 Å². The number of halogens is 1. The minimum atomic E-state index is -0.589. The second-order valence-corrected chi connectivity index (χ2v) is 5.24. The molecular formula is C18H22FNO2. The third-order valence-electron chi connectivity index (χ3n) is 3.40. The Balaban J connectivity index is 1.81. The molecule has 0 aliphatic rings.